The van der Waals surface area contributed by atoms with Crippen molar-refractivity contribution in [3.8, 4) is 0 Å². The van der Waals surface area contributed by atoms with Crippen LogP contribution in [0.1, 0.15) is 31.8 Å². The smallest absolute Gasteiger partial charge is 0.271 e. The third-order valence-electron chi connectivity index (χ3n) is 6.35. The summed E-state index contributed by atoms with van der Waals surface area (Å²) in [6.45, 7) is 1.07. The first-order valence-corrected chi connectivity index (χ1v) is 11.7. The predicted molar refractivity (Wildman–Crippen MR) is 143 cm³/mol. The van der Waals surface area contributed by atoms with Crippen molar-refractivity contribution in [2.24, 2.45) is 5.10 Å². The molecule has 2 N–H and O–H groups in total. The summed E-state index contributed by atoms with van der Waals surface area (Å²) in [6.07, 6.45) is 1.58. The molecule has 7 heteroatoms. The van der Waals surface area contributed by atoms with Crippen molar-refractivity contribution < 1.29 is 14.7 Å². The second-order valence-electron chi connectivity index (χ2n) is 8.70. The molecule has 4 aromatic carbocycles. The van der Waals surface area contributed by atoms with Gasteiger partial charge in [0.05, 0.1) is 25.1 Å². The number of anilines is 2. The van der Waals surface area contributed by atoms with Crippen molar-refractivity contribution in [1.29, 1.82) is 0 Å². The molecule has 36 heavy (non-hydrogen) atoms. The Labute approximate surface area is 209 Å². The molecule has 180 valence electrons. The number of carbonyl (C=O) groups excluding carboxylic acids is 2. The fourth-order valence-electron chi connectivity index (χ4n) is 4.40. The summed E-state index contributed by atoms with van der Waals surface area (Å²) in [5, 5.41) is 15.2. The number of rotatable bonds is 8. The largest absolute Gasteiger partial charge is 0.395 e. The van der Waals surface area contributed by atoms with Gasteiger partial charge in [-0.15, -0.1) is 0 Å². The van der Waals surface area contributed by atoms with E-state index in [-0.39, 0.29) is 18.4 Å². The van der Waals surface area contributed by atoms with Gasteiger partial charge in [0.15, 0.2) is 0 Å². The molecule has 0 spiro atoms. The molecule has 4 aromatic rings. The first-order valence-electron chi connectivity index (χ1n) is 11.7. The Kier molecular flexibility index (Phi) is 6.47. The predicted octanol–water partition coefficient (Wildman–Crippen LogP) is 4.19. The highest BCUT2D eigenvalue weighted by molar-refractivity contribution is 6.24. The van der Waals surface area contributed by atoms with Crippen molar-refractivity contribution in [3.05, 3.63) is 107 Å². The van der Waals surface area contributed by atoms with E-state index in [1.54, 1.807) is 23.2 Å². The average molecular weight is 479 g/mol. The van der Waals surface area contributed by atoms with Gasteiger partial charge in [-0.3, -0.25) is 9.59 Å². The molecule has 0 fully saturated rings. The number of hydrogen-bond acceptors (Lipinski definition) is 5. The Hall–Kier alpha value is -4.49. The fraction of sp³-hybridized carbons (Fsp3) is 0.138. The number of aliphatic hydroxyl groups is 1. The molecule has 0 aromatic heterocycles. The Balaban J connectivity index is 1.21. The second-order valence-corrected chi connectivity index (χ2v) is 8.70. The quantitative estimate of drug-likeness (QED) is 0.294. The van der Waals surface area contributed by atoms with Gasteiger partial charge in [0.1, 0.15) is 0 Å². The molecule has 5 rings (SSSR count). The highest BCUT2D eigenvalue weighted by Crippen LogP contribution is 2.37. The molecule has 0 radical (unpaired) electrons. The molecule has 1 aliphatic heterocycles. The molecular formula is C29H26N4O3. The molecule has 0 bridgehead atoms. The lowest BCUT2D eigenvalue weighted by Gasteiger charge is -2.18. The Bertz CT molecular complexity index is 1440. The van der Waals surface area contributed by atoms with Gasteiger partial charge in [-0.05, 0) is 52.9 Å². The van der Waals surface area contributed by atoms with Crippen LogP contribution in [0.3, 0.4) is 0 Å². The van der Waals surface area contributed by atoms with E-state index in [4.69, 9.17) is 5.11 Å². The van der Waals surface area contributed by atoms with Crippen LogP contribution in [0.15, 0.2) is 90.0 Å². The summed E-state index contributed by atoms with van der Waals surface area (Å²) < 4.78 is 0. The van der Waals surface area contributed by atoms with Crippen LogP contribution in [-0.4, -0.2) is 43.3 Å². The van der Waals surface area contributed by atoms with Gasteiger partial charge in [0.25, 0.3) is 11.8 Å². The number of carbonyl (C=O) groups is 2. The molecule has 0 aliphatic carbocycles. The summed E-state index contributed by atoms with van der Waals surface area (Å²) in [7, 11) is 1.91. The van der Waals surface area contributed by atoms with Crippen molar-refractivity contribution in [3.63, 3.8) is 0 Å². The highest BCUT2D eigenvalue weighted by Gasteiger charge is 2.29. The number of hydrazone groups is 1. The SMILES string of the molecule is CN(CCO)c1ccc(C=NNC(=O)c2ccc(CN3C(=O)c4cccc5cccc3c45)cc2)cc1. The van der Waals surface area contributed by atoms with E-state index in [0.717, 1.165) is 38.8 Å². The van der Waals surface area contributed by atoms with Gasteiger partial charge < -0.3 is 14.9 Å². The maximum absolute atomic E-state index is 13.0. The van der Waals surface area contributed by atoms with Crippen LogP contribution in [0, 0.1) is 0 Å². The minimum Gasteiger partial charge on any atom is -0.395 e. The number of amides is 2. The molecule has 0 saturated heterocycles. The third kappa shape index (κ3) is 4.56. The zero-order chi connectivity index (χ0) is 25.1. The van der Waals surface area contributed by atoms with Crippen molar-refractivity contribution >= 4 is 40.2 Å². The van der Waals surface area contributed by atoms with E-state index in [1.807, 2.05) is 84.7 Å². The number of hydrogen-bond donors (Lipinski definition) is 2. The number of aliphatic hydroxyl groups excluding tert-OH is 1. The standard InChI is InChI=1S/C29H26N4O3/c1-32(16-17-34)24-14-10-20(11-15-24)18-30-31-28(35)23-12-8-21(9-13-23)19-33-26-7-3-5-22-4-2-6-25(27(22)26)29(33)36/h2-15,18,34H,16-17,19H2,1H3,(H,31,35). The number of nitrogens with one attached hydrogen (secondary N) is 1. The minimum absolute atomic E-state index is 0.00830. The van der Waals surface area contributed by atoms with Gasteiger partial charge in [-0.25, -0.2) is 5.43 Å². The van der Waals surface area contributed by atoms with E-state index in [0.29, 0.717) is 18.7 Å². The number of nitrogens with zero attached hydrogens (tertiary/aromatic N) is 3. The lowest BCUT2D eigenvalue weighted by molar-refractivity contribution is 0.0953. The molecule has 7 nitrogen and oxygen atoms in total. The van der Waals surface area contributed by atoms with E-state index in [9.17, 15) is 9.59 Å². The van der Waals surface area contributed by atoms with E-state index >= 15 is 0 Å². The Morgan fingerprint density at radius 1 is 1.00 bits per heavy atom. The van der Waals surface area contributed by atoms with Crippen LogP contribution in [0.25, 0.3) is 10.8 Å². The van der Waals surface area contributed by atoms with E-state index in [1.165, 1.54) is 0 Å². The highest BCUT2D eigenvalue weighted by atomic mass is 16.3. The first kappa shape index (κ1) is 23.3. The molecule has 0 atom stereocenters. The van der Waals surface area contributed by atoms with Gasteiger partial charge in [0, 0.05) is 35.8 Å². The number of likely N-dealkylation sites (N-methyl/N-ethyl adjacent to an activating group) is 1. The van der Waals surface area contributed by atoms with Crippen molar-refractivity contribution in [2.75, 3.05) is 30.0 Å². The molecule has 2 amide bonds. The summed E-state index contributed by atoms with van der Waals surface area (Å²) in [5.41, 5.74) is 7.44. The zero-order valence-corrected chi connectivity index (χ0v) is 19.9. The zero-order valence-electron chi connectivity index (χ0n) is 19.9. The lowest BCUT2D eigenvalue weighted by atomic mass is 10.1. The van der Waals surface area contributed by atoms with E-state index in [2.05, 4.69) is 10.5 Å². The summed E-state index contributed by atoms with van der Waals surface area (Å²) >= 11 is 0. The van der Waals surface area contributed by atoms with Gasteiger partial charge in [-0.1, -0.05) is 48.5 Å². The summed E-state index contributed by atoms with van der Waals surface area (Å²) in [6, 6.07) is 26.6. The van der Waals surface area contributed by atoms with Gasteiger partial charge in [-0.2, -0.15) is 5.10 Å². The van der Waals surface area contributed by atoms with Crippen LogP contribution in [0.2, 0.25) is 0 Å². The molecule has 1 heterocycles. The molecular weight excluding hydrogens is 452 g/mol. The second kappa shape index (κ2) is 10.0. The molecule has 0 saturated carbocycles. The van der Waals surface area contributed by atoms with Crippen LogP contribution in [-0.2, 0) is 6.54 Å². The third-order valence-corrected chi connectivity index (χ3v) is 6.35. The maximum Gasteiger partial charge on any atom is 0.271 e. The van der Waals surface area contributed by atoms with Crippen LogP contribution < -0.4 is 15.2 Å². The van der Waals surface area contributed by atoms with Gasteiger partial charge in [0.2, 0.25) is 0 Å². The summed E-state index contributed by atoms with van der Waals surface area (Å²) in [5.74, 6) is -0.322. The topological polar surface area (TPSA) is 85.2 Å². The monoisotopic (exact) mass is 478 g/mol. The normalized spacial score (nSPS) is 12.5. The summed E-state index contributed by atoms with van der Waals surface area (Å²) in [4.78, 5) is 29.3. The van der Waals surface area contributed by atoms with Crippen molar-refractivity contribution in [2.45, 2.75) is 6.54 Å². The maximum atomic E-state index is 13.0. The Morgan fingerprint density at radius 2 is 1.72 bits per heavy atom. The van der Waals surface area contributed by atoms with Crippen LogP contribution >= 0.6 is 0 Å². The van der Waals surface area contributed by atoms with Crippen LogP contribution in [0.4, 0.5) is 11.4 Å². The Morgan fingerprint density at radius 3 is 2.44 bits per heavy atom. The minimum atomic E-state index is -0.313. The lowest BCUT2D eigenvalue weighted by Crippen LogP contribution is -2.26. The van der Waals surface area contributed by atoms with Gasteiger partial charge >= 0.3 is 0 Å². The first-order chi connectivity index (χ1) is 17.5. The number of benzene rings is 4. The fourth-order valence-corrected chi connectivity index (χ4v) is 4.40. The van der Waals surface area contributed by atoms with E-state index < -0.39 is 0 Å². The van der Waals surface area contributed by atoms with Crippen molar-refractivity contribution in [1.82, 2.24) is 5.43 Å². The average Bonchev–Trinajstić information content (AvgIpc) is 3.17. The van der Waals surface area contributed by atoms with Crippen LogP contribution in [0.5, 0.6) is 0 Å². The molecule has 0 unspecified atom stereocenters. The molecule has 1 aliphatic rings.